The third-order valence-corrected chi connectivity index (χ3v) is 7.55. The van der Waals surface area contributed by atoms with Gasteiger partial charge in [0, 0.05) is 30.9 Å². The van der Waals surface area contributed by atoms with E-state index in [0.717, 1.165) is 11.1 Å². The number of hydrogen-bond donors (Lipinski definition) is 1. The Balaban J connectivity index is 1.37. The second-order valence-corrected chi connectivity index (χ2v) is 9.73. The number of aliphatic hydroxyl groups is 1. The van der Waals surface area contributed by atoms with Crippen LogP contribution in [0.1, 0.15) is 40.4 Å². The molecule has 2 aliphatic heterocycles. The summed E-state index contributed by atoms with van der Waals surface area (Å²) >= 11 is 0. The number of carbonyl (C=O) groups excluding carboxylic acids is 2. The van der Waals surface area contributed by atoms with E-state index in [9.17, 15) is 14.7 Å². The van der Waals surface area contributed by atoms with Crippen LogP contribution in [0.4, 0.5) is 0 Å². The fraction of sp³-hybridized carbons (Fsp3) is 0.290. The van der Waals surface area contributed by atoms with Crippen molar-refractivity contribution in [2.45, 2.75) is 43.2 Å². The van der Waals surface area contributed by atoms with Gasteiger partial charge in [-0.15, -0.1) is 0 Å². The molecule has 2 bridgehead atoms. The Morgan fingerprint density at radius 2 is 1.43 bits per heavy atom. The van der Waals surface area contributed by atoms with Gasteiger partial charge in [-0.2, -0.15) is 0 Å². The zero-order valence-electron chi connectivity index (χ0n) is 20.7. The number of hydrogen-bond acceptors (Lipinski definition) is 6. The molecule has 0 spiro atoms. The molecule has 0 amide bonds. The summed E-state index contributed by atoms with van der Waals surface area (Å²) in [4.78, 5) is 27.9. The Bertz CT molecular complexity index is 1230. The third kappa shape index (κ3) is 5.50. The summed E-state index contributed by atoms with van der Waals surface area (Å²) in [6.45, 7) is 0. The van der Waals surface area contributed by atoms with Crippen molar-refractivity contribution in [3.05, 3.63) is 114 Å². The first-order valence-electron chi connectivity index (χ1n) is 12.7. The number of benzene rings is 3. The van der Waals surface area contributed by atoms with Crippen molar-refractivity contribution in [3.63, 3.8) is 0 Å². The normalized spacial score (nSPS) is 26.1. The molecule has 2 heterocycles. The summed E-state index contributed by atoms with van der Waals surface area (Å²) in [6, 6.07) is 27.7. The lowest BCUT2D eigenvalue weighted by Gasteiger charge is -2.44. The van der Waals surface area contributed by atoms with Crippen LogP contribution in [-0.4, -0.2) is 53.3 Å². The first kappa shape index (κ1) is 24.9. The van der Waals surface area contributed by atoms with Gasteiger partial charge >= 0.3 is 11.9 Å². The highest BCUT2D eigenvalue weighted by atomic mass is 16.6. The molecule has 3 aromatic carbocycles. The molecule has 0 radical (unpaired) electrons. The monoisotopic (exact) mass is 497 g/mol. The molecule has 37 heavy (non-hydrogen) atoms. The van der Waals surface area contributed by atoms with Crippen LogP contribution in [-0.2, 0) is 14.3 Å². The van der Waals surface area contributed by atoms with Crippen LogP contribution in [0.25, 0.3) is 6.08 Å². The Hall–Kier alpha value is -3.74. The Labute approximate surface area is 217 Å². The van der Waals surface area contributed by atoms with Crippen molar-refractivity contribution in [1.82, 2.24) is 4.90 Å². The van der Waals surface area contributed by atoms with Gasteiger partial charge in [0.1, 0.15) is 12.2 Å². The number of aliphatic hydroxyl groups excluding tert-OH is 1. The van der Waals surface area contributed by atoms with Crippen LogP contribution in [0.3, 0.4) is 0 Å². The molecule has 6 heteroatoms. The highest BCUT2D eigenvalue weighted by molar-refractivity contribution is 5.89. The summed E-state index contributed by atoms with van der Waals surface area (Å²) in [7, 11) is 1.99. The standard InChI is InChI=1S/C31H31NO5/c1-32-24-19-27(36-28(33)18-17-21-11-5-2-6-12-21)29(30(34)22-13-7-3-8-14-22)25(32)20-26(24)37-31(35)23-15-9-4-10-16-23/h2-18,24-27,29-30,34H,19-20H2,1H3. The molecule has 6 unspecified atom stereocenters. The van der Waals surface area contributed by atoms with Gasteiger partial charge in [-0.25, -0.2) is 9.59 Å². The topological polar surface area (TPSA) is 76.1 Å². The number of likely N-dealkylation sites (N-methyl/N-ethyl adjacent to an activating group) is 1. The van der Waals surface area contributed by atoms with E-state index >= 15 is 0 Å². The molecule has 5 rings (SSSR count). The quantitative estimate of drug-likeness (QED) is 0.378. The number of esters is 2. The van der Waals surface area contributed by atoms with Crippen LogP contribution in [0.5, 0.6) is 0 Å². The lowest BCUT2D eigenvalue weighted by molar-refractivity contribution is -0.157. The minimum Gasteiger partial charge on any atom is -0.459 e. The first-order chi connectivity index (χ1) is 18.0. The van der Waals surface area contributed by atoms with Crippen LogP contribution >= 0.6 is 0 Å². The van der Waals surface area contributed by atoms with E-state index in [0.29, 0.717) is 18.4 Å². The van der Waals surface area contributed by atoms with E-state index in [2.05, 4.69) is 4.90 Å². The number of fused-ring (bicyclic) bond motifs is 2. The van der Waals surface area contributed by atoms with Gasteiger partial charge in [-0.1, -0.05) is 78.9 Å². The lowest BCUT2D eigenvalue weighted by atomic mass is 9.80. The number of ether oxygens (including phenoxy) is 2. The Morgan fingerprint density at radius 3 is 2.11 bits per heavy atom. The van der Waals surface area contributed by atoms with Gasteiger partial charge in [0.25, 0.3) is 0 Å². The molecular weight excluding hydrogens is 466 g/mol. The first-order valence-corrected chi connectivity index (χ1v) is 12.7. The second-order valence-electron chi connectivity index (χ2n) is 9.73. The molecule has 0 aromatic heterocycles. The third-order valence-electron chi connectivity index (χ3n) is 7.55. The van der Waals surface area contributed by atoms with Gasteiger partial charge in [0.05, 0.1) is 17.7 Å². The molecule has 2 aliphatic rings. The van der Waals surface area contributed by atoms with E-state index in [1.807, 2.05) is 73.8 Å². The molecule has 2 fully saturated rings. The summed E-state index contributed by atoms with van der Waals surface area (Å²) in [6.07, 6.45) is 2.43. The van der Waals surface area contributed by atoms with Crippen molar-refractivity contribution >= 4 is 18.0 Å². The fourth-order valence-corrected chi connectivity index (χ4v) is 5.70. The van der Waals surface area contributed by atoms with Crippen molar-refractivity contribution in [2.75, 3.05) is 7.05 Å². The van der Waals surface area contributed by atoms with Crippen molar-refractivity contribution < 1.29 is 24.2 Å². The highest BCUT2D eigenvalue weighted by Crippen LogP contribution is 2.46. The van der Waals surface area contributed by atoms with Crippen LogP contribution in [0, 0.1) is 5.92 Å². The van der Waals surface area contributed by atoms with E-state index in [4.69, 9.17) is 9.47 Å². The highest BCUT2D eigenvalue weighted by Gasteiger charge is 2.55. The number of carbonyl (C=O) groups is 2. The van der Waals surface area contributed by atoms with Gasteiger partial charge in [-0.05, 0) is 36.4 Å². The molecule has 2 saturated heterocycles. The number of nitrogens with zero attached hydrogens (tertiary/aromatic N) is 1. The van der Waals surface area contributed by atoms with Crippen LogP contribution in [0.15, 0.2) is 97.1 Å². The molecule has 3 aromatic rings. The van der Waals surface area contributed by atoms with Gasteiger partial charge < -0.3 is 14.6 Å². The van der Waals surface area contributed by atoms with Gasteiger partial charge in [-0.3, -0.25) is 4.90 Å². The predicted molar refractivity (Wildman–Crippen MR) is 140 cm³/mol. The molecule has 6 nitrogen and oxygen atoms in total. The SMILES string of the molecule is CN1C2CC(OC(=O)C=Cc3ccccc3)C(C(O)c3ccccc3)C1CC2OC(=O)c1ccccc1. The molecule has 0 saturated carbocycles. The van der Waals surface area contributed by atoms with Crippen molar-refractivity contribution in [2.24, 2.45) is 5.92 Å². The summed E-state index contributed by atoms with van der Waals surface area (Å²) in [5.41, 5.74) is 2.17. The maximum atomic E-state index is 12.9. The fourth-order valence-electron chi connectivity index (χ4n) is 5.70. The van der Waals surface area contributed by atoms with Crippen LogP contribution < -0.4 is 0 Å². The minimum atomic E-state index is -0.839. The zero-order valence-corrected chi connectivity index (χ0v) is 20.7. The summed E-state index contributed by atoms with van der Waals surface area (Å²) in [5, 5.41) is 11.5. The van der Waals surface area contributed by atoms with Gasteiger partial charge in [0.2, 0.25) is 0 Å². The average Bonchev–Trinajstić information content (AvgIpc) is 3.13. The molecule has 0 aliphatic carbocycles. The molecule has 6 atom stereocenters. The summed E-state index contributed by atoms with van der Waals surface area (Å²) in [5.74, 6) is -1.20. The minimum absolute atomic E-state index is 0.118. The second kappa shape index (κ2) is 11.1. The predicted octanol–water partition coefficient (Wildman–Crippen LogP) is 4.66. The van der Waals surface area contributed by atoms with E-state index in [1.54, 1.807) is 30.3 Å². The van der Waals surface area contributed by atoms with Gasteiger partial charge in [0.15, 0.2) is 0 Å². The molecular formula is C31H31NO5. The number of rotatable bonds is 7. The lowest BCUT2D eigenvalue weighted by Crippen LogP contribution is -2.53. The number of piperidine rings is 1. The molecule has 190 valence electrons. The maximum Gasteiger partial charge on any atom is 0.338 e. The van der Waals surface area contributed by atoms with Crippen molar-refractivity contribution in [3.8, 4) is 0 Å². The van der Waals surface area contributed by atoms with Crippen molar-refractivity contribution in [1.29, 1.82) is 0 Å². The average molecular weight is 498 g/mol. The Kier molecular flexibility index (Phi) is 7.49. The summed E-state index contributed by atoms with van der Waals surface area (Å²) < 4.78 is 11.9. The smallest absolute Gasteiger partial charge is 0.338 e. The van der Waals surface area contributed by atoms with E-state index in [1.165, 1.54) is 6.08 Å². The largest absolute Gasteiger partial charge is 0.459 e. The zero-order chi connectivity index (χ0) is 25.8. The Morgan fingerprint density at radius 1 is 0.838 bits per heavy atom. The maximum absolute atomic E-state index is 12.9. The van der Waals surface area contributed by atoms with Crippen LogP contribution in [0.2, 0.25) is 0 Å². The van der Waals surface area contributed by atoms with E-state index in [-0.39, 0.29) is 30.1 Å². The van der Waals surface area contributed by atoms with E-state index < -0.39 is 18.2 Å². The molecule has 1 N–H and O–H groups in total.